The van der Waals surface area contributed by atoms with Crippen LogP contribution in [0.15, 0.2) is 17.0 Å². The minimum absolute atomic E-state index is 0.172. The minimum Gasteiger partial charge on any atom is -0.258 e. The van der Waals surface area contributed by atoms with Crippen molar-refractivity contribution in [1.82, 2.24) is 4.98 Å². The molecule has 1 aromatic carbocycles. The molecule has 2 aromatic rings. The summed E-state index contributed by atoms with van der Waals surface area (Å²) in [7, 11) is -3.79. The van der Waals surface area contributed by atoms with Crippen LogP contribution in [0.5, 0.6) is 0 Å². The van der Waals surface area contributed by atoms with Crippen molar-refractivity contribution in [3.63, 3.8) is 0 Å². The Kier molecular flexibility index (Phi) is 4.50. The fourth-order valence-electron chi connectivity index (χ4n) is 1.96. The fraction of sp³-hybridized carbons (Fsp3) is 0.417. The summed E-state index contributed by atoms with van der Waals surface area (Å²) < 4.78 is 25.4. The third-order valence-corrected chi connectivity index (χ3v) is 6.34. The van der Waals surface area contributed by atoms with Gasteiger partial charge in [-0.3, -0.25) is 10.1 Å². The van der Waals surface area contributed by atoms with E-state index in [4.69, 9.17) is 11.6 Å². The Morgan fingerprint density at radius 1 is 1.48 bits per heavy atom. The number of rotatable bonds is 5. The lowest BCUT2D eigenvalue weighted by molar-refractivity contribution is -0.387. The predicted octanol–water partition coefficient (Wildman–Crippen LogP) is 3.16. The summed E-state index contributed by atoms with van der Waals surface area (Å²) in [5, 5.41) is 11.9. The third kappa shape index (κ3) is 3.33. The second kappa shape index (κ2) is 5.86. The van der Waals surface area contributed by atoms with E-state index in [1.165, 1.54) is 23.5 Å². The first-order chi connectivity index (χ1) is 9.74. The van der Waals surface area contributed by atoms with Gasteiger partial charge < -0.3 is 0 Å². The van der Waals surface area contributed by atoms with E-state index in [1.54, 1.807) is 13.8 Å². The molecule has 0 amide bonds. The zero-order chi connectivity index (χ0) is 15.8. The second-order valence-corrected chi connectivity index (χ2v) is 8.36. The van der Waals surface area contributed by atoms with Crippen molar-refractivity contribution in [3.05, 3.63) is 27.3 Å². The first-order valence-electron chi connectivity index (χ1n) is 6.09. The molecule has 114 valence electrons. The minimum atomic E-state index is -3.79. The molecule has 1 heterocycles. The van der Waals surface area contributed by atoms with Crippen LogP contribution in [0.2, 0.25) is 0 Å². The van der Waals surface area contributed by atoms with Gasteiger partial charge >= 0.3 is 0 Å². The first kappa shape index (κ1) is 16.1. The number of thiazole rings is 1. The molecule has 6 nitrogen and oxygen atoms in total. The number of benzene rings is 1. The average molecular weight is 349 g/mol. The number of halogens is 1. The van der Waals surface area contributed by atoms with Gasteiger partial charge in [0.1, 0.15) is 4.90 Å². The van der Waals surface area contributed by atoms with Crippen LogP contribution in [0.3, 0.4) is 0 Å². The van der Waals surface area contributed by atoms with Gasteiger partial charge in [-0.25, -0.2) is 13.4 Å². The molecule has 0 aliphatic carbocycles. The van der Waals surface area contributed by atoms with Crippen molar-refractivity contribution in [2.75, 3.05) is 11.6 Å². The van der Waals surface area contributed by atoms with E-state index in [1.807, 2.05) is 0 Å². The van der Waals surface area contributed by atoms with Gasteiger partial charge in [0.25, 0.3) is 5.69 Å². The zero-order valence-electron chi connectivity index (χ0n) is 11.4. The smallest absolute Gasteiger partial charge is 0.258 e. The summed E-state index contributed by atoms with van der Waals surface area (Å²) in [6.07, 6.45) is 0. The van der Waals surface area contributed by atoms with Gasteiger partial charge in [0.15, 0.2) is 9.84 Å². The molecule has 21 heavy (non-hydrogen) atoms. The number of nitro benzene ring substituents is 1. The highest BCUT2D eigenvalue weighted by Crippen LogP contribution is 2.33. The van der Waals surface area contributed by atoms with E-state index < -0.39 is 20.4 Å². The Labute approximate surface area is 130 Å². The molecular formula is C12H13ClN2O4S2. The lowest BCUT2D eigenvalue weighted by atomic mass is 10.3. The topological polar surface area (TPSA) is 90.2 Å². The van der Waals surface area contributed by atoms with Crippen LogP contribution in [-0.4, -0.2) is 30.0 Å². The highest BCUT2D eigenvalue weighted by molar-refractivity contribution is 7.91. The largest absolute Gasteiger partial charge is 0.289 e. The summed E-state index contributed by atoms with van der Waals surface area (Å²) in [4.78, 5) is 14.4. The number of nitrogens with zero attached hydrogens (tertiary/aromatic N) is 2. The second-order valence-electron chi connectivity index (χ2n) is 4.82. The van der Waals surface area contributed by atoms with Crippen molar-refractivity contribution in [1.29, 1.82) is 0 Å². The standard InChI is InChI=1S/C12H13ClN2O4S2/c1-7(5-13)6-21(18,19)12-3-9-11(20-8(2)14-9)4-10(12)15(16)17/h3-4,7H,5-6H2,1-2H3. The molecule has 0 fully saturated rings. The quantitative estimate of drug-likeness (QED) is 0.470. The lowest BCUT2D eigenvalue weighted by Crippen LogP contribution is -2.16. The van der Waals surface area contributed by atoms with Gasteiger partial charge in [-0.05, 0) is 18.9 Å². The van der Waals surface area contributed by atoms with Gasteiger partial charge in [-0.1, -0.05) is 6.92 Å². The SMILES string of the molecule is Cc1nc2cc(S(=O)(=O)CC(C)CCl)c([N+](=O)[O-])cc2s1. The van der Waals surface area contributed by atoms with Crippen molar-refractivity contribution in [3.8, 4) is 0 Å². The molecule has 0 aliphatic heterocycles. The number of aryl methyl sites for hydroxylation is 1. The fourth-order valence-corrected chi connectivity index (χ4v) is 4.83. The van der Waals surface area contributed by atoms with Crippen LogP contribution < -0.4 is 0 Å². The van der Waals surface area contributed by atoms with Crippen molar-refractivity contribution < 1.29 is 13.3 Å². The molecule has 0 aliphatic rings. The zero-order valence-corrected chi connectivity index (χ0v) is 13.8. The molecule has 0 spiro atoms. The number of fused-ring (bicyclic) bond motifs is 1. The predicted molar refractivity (Wildman–Crippen MR) is 82.9 cm³/mol. The Morgan fingerprint density at radius 3 is 2.71 bits per heavy atom. The van der Waals surface area contributed by atoms with Crippen molar-refractivity contribution >= 4 is 48.7 Å². The summed E-state index contributed by atoms with van der Waals surface area (Å²) in [5.74, 6) is -0.346. The van der Waals surface area contributed by atoms with E-state index in [-0.39, 0.29) is 22.4 Å². The van der Waals surface area contributed by atoms with Crippen LogP contribution in [0.25, 0.3) is 10.2 Å². The van der Waals surface area contributed by atoms with Gasteiger partial charge in [0.05, 0.1) is 25.9 Å². The molecular weight excluding hydrogens is 336 g/mol. The summed E-state index contributed by atoms with van der Waals surface area (Å²) >= 11 is 6.93. The monoisotopic (exact) mass is 348 g/mol. The van der Waals surface area contributed by atoms with Gasteiger partial charge in [-0.15, -0.1) is 22.9 Å². The number of aromatic nitrogens is 1. The van der Waals surface area contributed by atoms with E-state index >= 15 is 0 Å². The maximum atomic E-state index is 12.4. The maximum Gasteiger partial charge on any atom is 0.289 e. The van der Waals surface area contributed by atoms with Gasteiger partial charge in [0, 0.05) is 11.9 Å². The molecule has 2 rings (SSSR count). The lowest BCUT2D eigenvalue weighted by Gasteiger charge is -2.09. The van der Waals surface area contributed by atoms with Crippen LogP contribution in [-0.2, 0) is 9.84 Å². The van der Waals surface area contributed by atoms with E-state index in [0.717, 1.165) is 5.01 Å². The van der Waals surface area contributed by atoms with Crippen molar-refractivity contribution in [2.24, 2.45) is 5.92 Å². The molecule has 1 unspecified atom stereocenters. The van der Waals surface area contributed by atoms with Crippen LogP contribution in [0.4, 0.5) is 5.69 Å². The maximum absolute atomic E-state index is 12.4. The molecule has 1 atom stereocenters. The van der Waals surface area contributed by atoms with Crippen LogP contribution in [0, 0.1) is 23.0 Å². The molecule has 0 saturated heterocycles. The summed E-state index contributed by atoms with van der Waals surface area (Å²) in [5.41, 5.74) is 0.0492. The molecule has 0 radical (unpaired) electrons. The number of hydrogen-bond donors (Lipinski definition) is 0. The molecule has 1 aromatic heterocycles. The third-order valence-electron chi connectivity index (χ3n) is 2.88. The number of hydrogen-bond acceptors (Lipinski definition) is 6. The van der Waals surface area contributed by atoms with Crippen molar-refractivity contribution in [2.45, 2.75) is 18.7 Å². The summed E-state index contributed by atoms with van der Waals surface area (Å²) in [6, 6.07) is 2.56. The van der Waals surface area contributed by atoms with E-state index in [0.29, 0.717) is 10.2 Å². The van der Waals surface area contributed by atoms with E-state index in [2.05, 4.69) is 4.98 Å². The average Bonchev–Trinajstić information content (AvgIpc) is 2.75. The molecule has 0 saturated carbocycles. The Bertz CT molecular complexity index is 801. The highest BCUT2D eigenvalue weighted by Gasteiger charge is 2.28. The van der Waals surface area contributed by atoms with Crippen LogP contribution in [0.1, 0.15) is 11.9 Å². The number of alkyl halides is 1. The summed E-state index contributed by atoms with van der Waals surface area (Å²) in [6.45, 7) is 3.45. The highest BCUT2D eigenvalue weighted by atomic mass is 35.5. The molecule has 9 heteroatoms. The van der Waals surface area contributed by atoms with Crippen LogP contribution >= 0.6 is 22.9 Å². The Balaban J connectivity index is 2.65. The Hall–Kier alpha value is -1.25. The Morgan fingerprint density at radius 2 is 2.14 bits per heavy atom. The van der Waals surface area contributed by atoms with Gasteiger partial charge in [0.2, 0.25) is 0 Å². The van der Waals surface area contributed by atoms with E-state index in [9.17, 15) is 18.5 Å². The molecule has 0 N–H and O–H groups in total. The molecule has 0 bridgehead atoms. The first-order valence-corrected chi connectivity index (χ1v) is 9.09. The van der Waals surface area contributed by atoms with Gasteiger partial charge in [-0.2, -0.15) is 0 Å². The number of sulfone groups is 1. The number of nitro groups is 1. The normalized spacial score (nSPS) is 13.5.